The van der Waals surface area contributed by atoms with Crippen molar-refractivity contribution >= 4 is 5.91 Å². The highest BCUT2D eigenvalue weighted by atomic mass is 16.3. The summed E-state index contributed by atoms with van der Waals surface area (Å²) in [5.74, 6) is -0.224. The normalized spacial score (nSPS) is 14.4. The van der Waals surface area contributed by atoms with Crippen molar-refractivity contribution in [1.29, 1.82) is 0 Å². The predicted octanol–water partition coefficient (Wildman–Crippen LogP) is 2.09. The number of carbonyl (C=O) groups is 1. The first-order valence-electron chi connectivity index (χ1n) is 8.52. The summed E-state index contributed by atoms with van der Waals surface area (Å²) in [7, 11) is 0. The number of aromatic nitrogens is 3. The summed E-state index contributed by atoms with van der Waals surface area (Å²) in [6, 6.07) is 18.6. The molecule has 6 heteroatoms. The van der Waals surface area contributed by atoms with Gasteiger partial charge in [-0.15, -0.1) is 0 Å². The van der Waals surface area contributed by atoms with Crippen LogP contribution < -0.4 is 5.32 Å². The van der Waals surface area contributed by atoms with Gasteiger partial charge in [-0.05, 0) is 18.1 Å². The van der Waals surface area contributed by atoms with E-state index >= 15 is 0 Å². The lowest BCUT2D eigenvalue weighted by Crippen LogP contribution is -2.44. The fourth-order valence-electron chi connectivity index (χ4n) is 2.87. The third-order valence-electron chi connectivity index (χ3n) is 4.42. The highest BCUT2D eigenvalue weighted by Crippen LogP contribution is 2.25. The van der Waals surface area contributed by atoms with Gasteiger partial charge in [-0.2, -0.15) is 5.10 Å². The van der Waals surface area contributed by atoms with Crippen molar-refractivity contribution in [2.45, 2.75) is 25.0 Å². The van der Waals surface area contributed by atoms with Crippen LogP contribution in [0.4, 0.5) is 0 Å². The number of amides is 1. The van der Waals surface area contributed by atoms with Gasteiger partial charge >= 0.3 is 0 Å². The molecule has 0 saturated heterocycles. The molecule has 0 radical (unpaired) electrons. The van der Waals surface area contributed by atoms with Crippen molar-refractivity contribution in [1.82, 2.24) is 20.1 Å². The maximum Gasteiger partial charge on any atom is 0.244 e. The molecular formula is C20H22N4O2. The summed E-state index contributed by atoms with van der Waals surface area (Å²) < 4.78 is 1.48. The Morgan fingerprint density at radius 1 is 1.15 bits per heavy atom. The number of nitrogens with zero attached hydrogens (tertiary/aromatic N) is 3. The Hall–Kier alpha value is -2.99. The van der Waals surface area contributed by atoms with E-state index in [4.69, 9.17) is 0 Å². The molecule has 0 bridgehead atoms. The van der Waals surface area contributed by atoms with Gasteiger partial charge in [-0.25, -0.2) is 9.67 Å². The van der Waals surface area contributed by atoms with Gasteiger partial charge in [0.1, 0.15) is 24.3 Å². The maximum absolute atomic E-state index is 12.5. The van der Waals surface area contributed by atoms with Gasteiger partial charge in [0.2, 0.25) is 5.91 Å². The van der Waals surface area contributed by atoms with Crippen molar-refractivity contribution in [3.63, 3.8) is 0 Å². The van der Waals surface area contributed by atoms with Gasteiger partial charge in [0, 0.05) is 6.42 Å². The third kappa shape index (κ3) is 4.15. The Morgan fingerprint density at radius 3 is 2.42 bits per heavy atom. The van der Waals surface area contributed by atoms with Crippen LogP contribution in [0.25, 0.3) is 0 Å². The van der Waals surface area contributed by atoms with Crippen molar-refractivity contribution in [2.24, 2.45) is 0 Å². The molecule has 0 aliphatic carbocycles. The summed E-state index contributed by atoms with van der Waals surface area (Å²) in [6.45, 7) is 1.84. The monoisotopic (exact) mass is 350 g/mol. The van der Waals surface area contributed by atoms with Gasteiger partial charge in [-0.1, -0.05) is 60.7 Å². The average molecular weight is 350 g/mol. The quantitative estimate of drug-likeness (QED) is 0.684. The predicted molar refractivity (Wildman–Crippen MR) is 98.2 cm³/mol. The molecule has 2 aromatic carbocycles. The largest absolute Gasteiger partial charge is 0.383 e. The Labute approximate surface area is 152 Å². The molecule has 1 heterocycles. The summed E-state index contributed by atoms with van der Waals surface area (Å²) in [5, 5.41) is 18.2. The second-order valence-corrected chi connectivity index (χ2v) is 6.33. The lowest BCUT2D eigenvalue weighted by atomic mass is 9.87. The summed E-state index contributed by atoms with van der Waals surface area (Å²) in [6.07, 6.45) is 3.28. The second-order valence-electron chi connectivity index (χ2n) is 6.33. The standard InChI is InChI=1S/C20H22N4O2/c1-16(24-15-21-14-23-24)19(25)22-13-20(26,18-10-6-3-7-11-18)12-17-8-4-2-5-9-17/h2-11,14-16,26H,12-13H2,1H3,(H,22,25)/t16-,20+/m0/s1. The minimum Gasteiger partial charge on any atom is -0.383 e. The van der Waals surface area contributed by atoms with Crippen LogP contribution in [0.3, 0.4) is 0 Å². The molecule has 0 saturated carbocycles. The topological polar surface area (TPSA) is 80.0 Å². The van der Waals surface area contributed by atoms with Crippen LogP contribution in [0.1, 0.15) is 24.1 Å². The molecule has 1 aromatic heterocycles. The molecule has 0 aliphatic heterocycles. The number of carbonyl (C=O) groups excluding carboxylic acids is 1. The van der Waals surface area contributed by atoms with Crippen molar-refractivity contribution in [2.75, 3.05) is 6.54 Å². The first-order chi connectivity index (χ1) is 12.6. The van der Waals surface area contributed by atoms with E-state index in [9.17, 15) is 9.90 Å². The fraction of sp³-hybridized carbons (Fsp3) is 0.250. The first-order valence-corrected chi connectivity index (χ1v) is 8.52. The lowest BCUT2D eigenvalue weighted by molar-refractivity contribution is -0.125. The molecule has 26 heavy (non-hydrogen) atoms. The van der Waals surface area contributed by atoms with Crippen LogP contribution in [0, 0.1) is 0 Å². The molecule has 0 aliphatic rings. The van der Waals surface area contributed by atoms with Crippen LogP contribution in [0.5, 0.6) is 0 Å². The van der Waals surface area contributed by atoms with Crippen LogP contribution in [0.2, 0.25) is 0 Å². The Balaban J connectivity index is 1.77. The number of benzene rings is 2. The summed E-state index contributed by atoms with van der Waals surface area (Å²) >= 11 is 0. The van der Waals surface area contributed by atoms with Gasteiger partial charge in [0.25, 0.3) is 0 Å². The third-order valence-corrected chi connectivity index (χ3v) is 4.42. The molecule has 134 valence electrons. The number of rotatable bonds is 7. The number of hydrogen-bond donors (Lipinski definition) is 2. The van der Waals surface area contributed by atoms with E-state index in [0.29, 0.717) is 6.42 Å². The van der Waals surface area contributed by atoms with E-state index in [1.54, 1.807) is 6.92 Å². The molecule has 1 amide bonds. The van der Waals surface area contributed by atoms with Gasteiger partial charge < -0.3 is 10.4 Å². The van der Waals surface area contributed by atoms with Gasteiger partial charge in [-0.3, -0.25) is 4.79 Å². The molecule has 3 rings (SSSR count). The number of nitrogens with one attached hydrogen (secondary N) is 1. The average Bonchev–Trinajstić information content (AvgIpc) is 3.22. The molecule has 2 atom stereocenters. The zero-order valence-electron chi connectivity index (χ0n) is 14.6. The Bertz CT molecular complexity index is 822. The van der Waals surface area contributed by atoms with E-state index < -0.39 is 11.6 Å². The minimum absolute atomic E-state index is 0.101. The Kier molecular flexibility index (Phi) is 5.43. The summed E-state index contributed by atoms with van der Waals surface area (Å²) in [4.78, 5) is 16.3. The van der Waals surface area contributed by atoms with Crippen LogP contribution in [-0.4, -0.2) is 32.3 Å². The van der Waals surface area contributed by atoms with Gasteiger partial charge in [0.15, 0.2) is 0 Å². The zero-order chi connectivity index (χ0) is 18.4. The molecule has 6 nitrogen and oxygen atoms in total. The van der Waals surface area contributed by atoms with Crippen LogP contribution in [0.15, 0.2) is 73.3 Å². The Morgan fingerprint density at radius 2 is 1.81 bits per heavy atom. The number of aliphatic hydroxyl groups is 1. The van der Waals surface area contributed by atoms with Crippen molar-refractivity contribution in [3.05, 3.63) is 84.4 Å². The number of hydrogen-bond acceptors (Lipinski definition) is 4. The molecular weight excluding hydrogens is 328 g/mol. The maximum atomic E-state index is 12.5. The minimum atomic E-state index is -1.21. The highest BCUT2D eigenvalue weighted by Gasteiger charge is 2.31. The van der Waals surface area contributed by atoms with E-state index in [1.165, 1.54) is 17.3 Å². The molecule has 3 aromatic rings. The molecule has 0 fully saturated rings. The fourth-order valence-corrected chi connectivity index (χ4v) is 2.87. The van der Waals surface area contributed by atoms with Gasteiger partial charge in [0.05, 0.1) is 6.54 Å². The van der Waals surface area contributed by atoms with E-state index in [2.05, 4.69) is 15.4 Å². The van der Waals surface area contributed by atoms with E-state index in [1.807, 2.05) is 60.7 Å². The SMILES string of the molecule is C[C@@H](C(=O)NC[C@](O)(Cc1ccccc1)c1ccccc1)n1cncn1. The zero-order valence-corrected chi connectivity index (χ0v) is 14.6. The first kappa shape index (κ1) is 17.8. The van der Waals surface area contributed by atoms with E-state index in [0.717, 1.165) is 11.1 Å². The highest BCUT2D eigenvalue weighted by molar-refractivity contribution is 5.79. The summed E-state index contributed by atoms with van der Waals surface area (Å²) in [5.41, 5.74) is 0.551. The second kappa shape index (κ2) is 7.93. The smallest absolute Gasteiger partial charge is 0.244 e. The van der Waals surface area contributed by atoms with Crippen molar-refractivity contribution < 1.29 is 9.90 Å². The molecule has 0 unspecified atom stereocenters. The van der Waals surface area contributed by atoms with Crippen LogP contribution in [-0.2, 0) is 16.8 Å². The van der Waals surface area contributed by atoms with Crippen LogP contribution >= 0.6 is 0 Å². The molecule has 2 N–H and O–H groups in total. The lowest BCUT2D eigenvalue weighted by Gasteiger charge is -2.30. The van der Waals surface area contributed by atoms with Crippen molar-refractivity contribution in [3.8, 4) is 0 Å². The van der Waals surface area contributed by atoms with E-state index in [-0.39, 0.29) is 12.5 Å². The molecule has 0 spiro atoms.